The van der Waals surface area contributed by atoms with Crippen molar-refractivity contribution >= 4 is 11.8 Å². The highest BCUT2D eigenvalue weighted by Gasteiger charge is 2.33. The first-order valence-corrected chi connectivity index (χ1v) is 10.5. The molecule has 2 fully saturated rings. The van der Waals surface area contributed by atoms with Crippen molar-refractivity contribution in [3.63, 3.8) is 0 Å². The standard InChI is InChI=1S/C21H30N4O2/c1-15(26)24-11-9-18-17(14-24)13-22-21(23-18)19-8-5-10-25(19)20(27)12-16-6-3-2-4-7-16/h13,16,19H,2-12,14H2,1H3/t19-/m1/s1. The molecule has 0 radical (unpaired) electrons. The molecule has 0 aromatic carbocycles. The molecular formula is C21H30N4O2. The maximum atomic E-state index is 12.9. The number of rotatable bonds is 3. The summed E-state index contributed by atoms with van der Waals surface area (Å²) in [5.74, 6) is 1.74. The molecule has 0 spiro atoms. The van der Waals surface area contributed by atoms with E-state index >= 15 is 0 Å². The van der Waals surface area contributed by atoms with E-state index in [9.17, 15) is 9.59 Å². The van der Waals surface area contributed by atoms with Crippen LogP contribution < -0.4 is 0 Å². The third kappa shape index (κ3) is 3.99. The minimum absolute atomic E-state index is 0.0252. The average molecular weight is 370 g/mol. The molecule has 2 amide bonds. The average Bonchev–Trinajstić information content (AvgIpc) is 3.18. The fourth-order valence-corrected chi connectivity index (χ4v) is 4.85. The number of likely N-dealkylation sites (tertiary alicyclic amines) is 1. The first-order valence-electron chi connectivity index (χ1n) is 10.5. The summed E-state index contributed by atoms with van der Waals surface area (Å²) < 4.78 is 0. The molecule has 1 atom stereocenters. The third-order valence-corrected chi connectivity index (χ3v) is 6.46. The molecule has 27 heavy (non-hydrogen) atoms. The Morgan fingerprint density at radius 2 is 1.93 bits per heavy atom. The van der Waals surface area contributed by atoms with Crippen LogP contribution in [0.25, 0.3) is 0 Å². The van der Waals surface area contributed by atoms with E-state index in [0.717, 1.165) is 42.9 Å². The Balaban J connectivity index is 1.46. The lowest BCUT2D eigenvalue weighted by Gasteiger charge is -2.29. The second-order valence-corrected chi connectivity index (χ2v) is 8.34. The van der Waals surface area contributed by atoms with Gasteiger partial charge in [-0.2, -0.15) is 0 Å². The summed E-state index contributed by atoms with van der Waals surface area (Å²) in [6, 6.07) is 0.0252. The highest BCUT2D eigenvalue weighted by Crippen LogP contribution is 2.34. The topological polar surface area (TPSA) is 66.4 Å². The van der Waals surface area contributed by atoms with Crippen LogP contribution >= 0.6 is 0 Å². The summed E-state index contributed by atoms with van der Waals surface area (Å²) in [6.45, 7) is 3.75. The number of hydrogen-bond donors (Lipinski definition) is 0. The number of aromatic nitrogens is 2. The van der Waals surface area contributed by atoms with Gasteiger partial charge >= 0.3 is 0 Å². The fraction of sp³-hybridized carbons (Fsp3) is 0.714. The van der Waals surface area contributed by atoms with E-state index in [-0.39, 0.29) is 17.9 Å². The Morgan fingerprint density at radius 1 is 1.11 bits per heavy atom. The first-order chi connectivity index (χ1) is 13.1. The van der Waals surface area contributed by atoms with E-state index in [1.807, 2.05) is 16.0 Å². The molecule has 3 heterocycles. The molecule has 4 rings (SSSR count). The van der Waals surface area contributed by atoms with E-state index in [1.165, 1.54) is 32.1 Å². The zero-order chi connectivity index (χ0) is 18.8. The smallest absolute Gasteiger partial charge is 0.223 e. The molecule has 6 heteroatoms. The Morgan fingerprint density at radius 3 is 2.70 bits per heavy atom. The lowest BCUT2D eigenvalue weighted by Crippen LogP contribution is -2.36. The van der Waals surface area contributed by atoms with Gasteiger partial charge in [0.05, 0.1) is 11.7 Å². The summed E-state index contributed by atoms with van der Waals surface area (Å²) in [7, 11) is 0. The van der Waals surface area contributed by atoms with Gasteiger partial charge in [0.1, 0.15) is 0 Å². The van der Waals surface area contributed by atoms with E-state index in [2.05, 4.69) is 4.98 Å². The zero-order valence-corrected chi connectivity index (χ0v) is 16.3. The van der Waals surface area contributed by atoms with Gasteiger partial charge in [0.2, 0.25) is 11.8 Å². The molecule has 0 bridgehead atoms. The van der Waals surface area contributed by atoms with Gasteiger partial charge in [-0.15, -0.1) is 0 Å². The van der Waals surface area contributed by atoms with Crippen molar-refractivity contribution in [2.75, 3.05) is 13.1 Å². The second kappa shape index (κ2) is 7.95. The van der Waals surface area contributed by atoms with Gasteiger partial charge in [-0.05, 0) is 31.6 Å². The molecule has 1 aromatic heterocycles. The number of amides is 2. The summed E-state index contributed by atoms with van der Waals surface area (Å²) in [5.41, 5.74) is 2.09. The van der Waals surface area contributed by atoms with Crippen LogP contribution in [0.5, 0.6) is 0 Å². The fourth-order valence-electron chi connectivity index (χ4n) is 4.85. The number of hydrogen-bond acceptors (Lipinski definition) is 4. The van der Waals surface area contributed by atoms with E-state index in [4.69, 9.17) is 4.98 Å². The van der Waals surface area contributed by atoms with Crippen LogP contribution in [0, 0.1) is 5.92 Å². The summed E-state index contributed by atoms with van der Waals surface area (Å²) in [6.07, 6.45) is 11.6. The number of carbonyl (C=O) groups excluding carboxylic acids is 2. The van der Waals surface area contributed by atoms with Crippen LogP contribution in [-0.2, 0) is 22.6 Å². The molecular weight excluding hydrogens is 340 g/mol. The molecule has 6 nitrogen and oxygen atoms in total. The van der Waals surface area contributed by atoms with Crippen molar-refractivity contribution in [1.82, 2.24) is 19.8 Å². The molecule has 2 aliphatic heterocycles. The van der Waals surface area contributed by atoms with Crippen molar-refractivity contribution < 1.29 is 9.59 Å². The minimum Gasteiger partial charge on any atom is -0.338 e. The van der Waals surface area contributed by atoms with Crippen molar-refractivity contribution in [2.24, 2.45) is 5.92 Å². The van der Waals surface area contributed by atoms with Gasteiger partial charge in [-0.3, -0.25) is 9.59 Å². The lowest BCUT2D eigenvalue weighted by atomic mass is 9.86. The molecule has 1 saturated heterocycles. The Bertz CT molecular complexity index is 714. The summed E-state index contributed by atoms with van der Waals surface area (Å²) in [5, 5.41) is 0. The quantitative estimate of drug-likeness (QED) is 0.820. The van der Waals surface area contributed by atoms with Gasteiger partial charge in [-0.25, -0.2) is 9.97 Å². The van der Waals surface area contributed by atoms with Gasteiger partial charge in [0, 0.05) is 51.2 Å². The third-order valence-electron chi connectivity index (χ3n) is 6.46. The molecule has 0 N–H and O–H groups in total. The number of nitrogens with zero attached hydrogens (tertiary/aromatic N) is 4. The Hall–Kier alpha value is -1.98. The summed E-state index contributed by atoms with van der Waals surface area (Å²) >= 11 is 0. The van der Waals surface area contributed by atoms with Crippen molar-refractivity contribution in [3.05, 3.63) is 23.3 Å². The maximum Gasteiger partial charge on any atom is 0.223 e. The first kappa shape index (κ1) is 18.4. The van der Waals surface area contributed by atoms with Crippen molar-refractivity contribution in [3.8, 4) is 0 Å². The van der Waals surface area contributed by atoms with Gasteiger partial charge in [-0.1, -0.05) is 19.3 Å². The van der Waals surface area contributed by atoms with Crippen LogP contribution in [0.1, 0.15) is 81.4 Å². The molecule has 146 valence electrons. The second-order valence-electron chi connectivity index (χ2n) is 8.34. The monoisotopic (exact) mass is 370 g/mol. The highest BCUT2D eigenvalue weighted by atomic mass is 16.2. The predicted molar refractivity (Wildman–Crippen MR) is 102 cm³/mol. The van der Waals surface area contributed by atoms with Crippen LogP contribution in [-0.4, -0.2) is 44.7 Å². The van der Waals surface area contributed by atoms with E-state index in [0.29, 0.717) is 25.4 Å². The van der Waals surface area contributed by atoms with Crippen LogP contribution in [0.15, 0.2) is 6.20 Å². The van der Waals surface area contributed by atoms with Gasteiger partial charge < -0.3 is 9.80 Å². The van der Waals surface area contributed by atoms with Gasteiger partial charge in [0.15, 0.2) is 5.82 Å². The van der Waals surface area contributed by atoms with E-state index < -0.39 is 0 Å². The molecule has 1 aromatic rings. The lowest BCUT2D eigenvalue weighted by molar-refractivity contribution is -0.133. The van der Waals surface area contributed by atoms with Crippen molar-refractivity contribution in [2.45, 2.75) is 77.3 Å². The van der Waals surface area contributed by atoms with E-state index in [1.54, 1.807) is 6.92 Å². The highest BCUT2D eigenvalue weighted by molar-refractivity contribution is 5.77. The normalized spacial score (nSPS) is 23.4. The number of fused-ring (bicyclic) bond motifs is 1. The predicted octanol–water partition coefficient (Wildman–Crippen LogP) is 3.02. The summed E-state index contributed by atoms with van der Waals surface area (Å²) in [4.78, 5) is 37.8. The SMILES string of the molecule is CC(=O)N1CCc2nc([C@H]3CCCN3C(=O)CC3CCCCC3)ncc2C1. The largest absolute Gasteiger partial charge is 0.338 e. The molecule has 0 unspecified atom stereocenters. The Kier molecular flexibility index (Phi) is 5.41. The molecule has 1 saturated carbocycles. The molecule has 1 aliphatic carbocycles. The zero-order valence-electron chi connectivity index (χ0n) is 16.3. The molecule has 3 aliphatic rings. The van der Waals surface area contributed by atoms with Crippen LogP contribution in [0.3, 0.4) is 0 Å². The Labute approximate surface area is 161 Å². The number of carbonyl (C=O) groups is 2. The maximum absolute atomic E-state index is 12.9. The van der Waals surface area contributed by atoms with Crippen molar-refractivity contribution in [1.29, 1.82) is 0 Å². The van der Waals surface area contributed by atoms with Crippen LogP contribution in [0.4, 0.5) is 0 Å². The van der Waals surface area contributed by atoms with Crippen LogP contribution in [0.2, 0.25) is 0 Å². The van der Waals surface area contributed by atoms with Gasteiger partial charge in [0.25, 0.3) is 0 Å². The minimum atomic E-state index is 0.0252.